The van der Waals surface area contributed by atoms with Crippen LogP contribution in [0.2, 0.25) is 0 Å². The van der Waals surface area contributed by atoms with Gasteiger partial charge >= 0.3 is 0 Å². The first-order chi connectivity index (χ1) is 9.13. The van der Waals surface area contributed by atoms with Crippen molar-refractivity contribution in [2.24, 2.45) is 0 Å². The molecule has 0 aliphatic carbocycles. The Labute approximate surface area is 114 Å². The van der Waals surface area contributed by atoms with Crippen molar-refractivity contribution < 1.29 is 4.74 Å². The van der Waals surface area contributed by atoms with Crippen molar-refractivity contribution in [2.75, 3.05) is 44.4 Å². The second kappa shape index (κ2) is 6.06. The summed E-state index contributed by atoms with van der Waals surface area (Å²) in [6, 6.07) is 0.565. The summed E-state index contributed by atoms with van der Waals surface area (Å²) in [5.41, 5.74) is 6.59. The normalized spacial score (nSPS) is 19.6. The smallest absolute Gasteiger partial charge is 0.242 e. The van der Waals surface area contributed by atoms with Gasteiger partial charge in [0.05, 0.1) is 6.61 Å². The molecule has 0 saturated carbocycles. The Morgan fingerprint density at radius 1 is 1.53 bits per heavy atom. The molecule has 0 spiro atoms. The second-order valence-electron chi connectivity index (χ2n) is 5.01. The van der Waals surface area contributed by atoms with E-state index in [2.05, 4.69) is 26.8 Å². The zero-order valence-electron chi connectivity index (χ0n) is 12.0. The minimum Gasteiger partial charge on any atom is -0.476 e. The molecule has 2 heterocycles. The van der Waals surface area contributed by atoms with Gasteiger partial charge in [0.2, 0.25) is 5.88 Å². The lowest BCUT2D eigenvalue weighted by atomic mass is 10.2. The van der Waals surface area contributed by atoms with Gasteiger partial charge in [0.25, 0.3) is 0 Å². The second-order valence-corrected chi connectivity index (χ2v) is 5.01. The van der Waals surface area contributed by atoms with Gasteiger partial charge in [-0.1, -0.05) is 0 Å². The molecule has 0 aromatic carbocycles. The van der Waals surface area contributed by atoms with Crippen LogP contribution in [-0.4, -0.2) is 54.7 Å². The van der Waals surface area contributed by atoms with Crippen molar-refractivity contribution in [3.05, 3.63) is 6.33 Å². The number of hydrogen-bond donors (Lipinski definition) is 1. The molecule has 1 fully saturated rings. The maximum absolute atomic E-state index is 6.07. The van der Waals surface area contributed by atoms with E-state index in [0.29, 0.717) is 24.2 Å². The molecule has 2 rings (SSSR count). The van der Waals surface area contributed by atoms with Crippen molar-refractivity contribution in [3.63, 3.8) is 0 Å². The molecule has 106 valence electrons. The summed E-state index contributed by atoms with van der Waals surface area (Å²) in [6.45, 7) is 4.55. The van der Waals surface area contributed by atoms with Crippen LogP contribution in [0.3, 0.4) is 0 Å². The number of aromatic nitrogens is 2. The Morgan fingerprint density at radius 3 is 2.95 bits per heavy atom. The average Bonchev–Trinajstić information content (AvgIpc) is 2.78. The van der Waals surface area contributed by atoms with Gasteiger partial charge in [0.1, 0.15) is 12.0 Å². The number of hydrogen-bond acceptors (Lipinski definition) is 6. The number of anilines is 2. The third-order valence-electron chi connectivity index (χ3n) is 3.63. The van der Waals surface area contributed by atoms with Crippen LogP contribution >= 0.6 is 0 Å². The first-order valence-corrected chi connectivity index (χ1v) is 6.78. The van der Waals surface area contributed by atoms with Gasteiger partial charge in [-0.05, 0) is 33.4 Å². The molecule has 6 heteroatoms. The molecular formula is C13H23N5O. The predicted octanol–water partition coefficient (Wildman–Crippen LogP) is 0.988. The average molecular weight is 265 g/mol. The molecule has 1 aromatic heterocycles. The van der Waals surface area contributed by atoms with Crippen molar-refractivity contribution >= 4 is 11.5 Å². The molecule has 0 radical (unpaired) electrons. The number of ether oxygens (including phenoxy) is 1. The van der Waals surface area contributed by atoms with Crippen LogP contribution in [0.15, 0.2) is 6.33 Å². The highest BCUT2D eigenvalue weighted by atomic mass is 16.5. The molecule has 1 saturated heterocycles. The maximum Gasteiger partial charge on any atom is 0.242 e. The van der Waals surface area contributed by atoms with Crippen LogP contribution in [-0.2, 0) is 0 Å². The monoisotopic (exact) mass is 265 g/mol. The Morgan fingerprint density at radius 2 is 2.32 bits per heavy atom. The molecule has 0 bridgehead atoms. The van der Waals surface area contributed by atoms with Gasteiger partial charge in [-0.3, -0.25) is 0 Å². The van der Waals surface area contributed by atoms with Crippen molar-refractivity contribution in [3.8, 4) is 5.88 Å². The van der Waals surface area contributed by atoms with Crippen LogP contribution in [0.5, 0.6) is 5.88 Å². The Balaban J connectivity index is 2.10. The molecule has 1 aromatic rings. The number of nitrogens with zero attached hydrogens (tertiary/aromatic N) is 4. The lowest BCUT2D eigenvalue weighted by Gasteiger charge is -2.27. The topological polar surface area (TPSA) is 67.5 Å². The van der Waals surface area contributed by atoms with E-state index in [0.717, 1.165) is 12.4 Å². The first kappa shape index (κ1) is 13.9. The summed E-state index contributed by atoms with van der Waals surface area (Å²) in [7, 11) is 4.18. The fourth-order valence-electron chi connectivity index (χ4n) is 2.54. The molecule has 1 unspecified atom stereocenters. The summed E-state index contributed by atoms with van der Waals surface area (Å²) in [4.78, 5) is 12.8. The van der Waals surface area contributed by atoms with E-state index in [1.54, 1.807) is 0 Å². The Bertz CT molecular complexity index is 425. The first-order valence-electron chi connectivity index (χ1n) is 6.78. The van der Waals surface area contributed by atoms with Gasteiger partial charge in [0, 0.05) is 19.6 Å². The van der Waals surface area contributed by atoms with Gasteiger partial charge in [0.15, 0.2) is 5.82 Å². The summed E-state index contributed by atoms with van der Waals surface area (Å²) in [5, 5.41) is 0. The molecule has 1 aliphatic heterocycles. The minimum absolute atomic E-state index is 0.471. The molecular weight excluding hydrogens is 242 g/mol. The summed E-state index contributed by atoms with van der Waals surface area (Å²) < 4.78 is 5.41. The highest BCUT2D eigenvalue weighted by molar-refractivity contribution is 5.67. The fraction of sp³-hybridized carbons (Fsp3) is 0.692. The van der Waals surface area contributed by atoms with Crippen molar-refractivity contribution in [1.29, 1.82) is 0 Å². The van der Waals surface area contributed by atoms with Crippen LogP contribution in [0.4, 0.5) is 11.5 Å². The Kier molecular flexibility index (Phi) is 4.42. The zero-order chi connectivity index (χ0) is 13.8. The largest absolute Gasteiger partial charge is 0.476 e. The highest BCUT2D eigenvalue weighted by Crippen LogP contribution is 2.28. The summed E-state index contributed by atoms with van der Waals surface area (Å²) >= 11 is 0. The minimum atomic E-state index is 0.471. The highest BCUT2D eigenvalue weighted by Gasteiger charge is 2.23. The van der Waals surface area contributed by atoms with E-state index in [4.69, 9.17) is 10.5 Å². The van der Waals surface area contributed by atoms with Crippen LogP contribution < -0.4 is 15.4 Å². The lowest BCUT2D eigenvalue weighted by Crippen LogP contribution is -2.37. The third-order valence-corrected chi connectivity index (χ3v) is 3.63. The molecule has 19 heavy (non-hydrogen) atoms. The molecule has 1 aliphatic rings. The van der Waals surface area contributed by atoms with Gasteiger partial charge in [-0.15, -0.1) is 0 Å². The summed E-state index contributed by atoms with van der Waals surface area (Å²) in [6.07, 6.45) is 3.99. The number of nitrogen functional groups attached to an aromatic ring is 1. The fourth-order valence-corrected chi connectivity index (χ4v) is 2.54. The van der Waals surface area contributed by atoms with E-state index in [-0.39, 0.29) is 0 Å². The number of likely N-dealkylation sites (N-methyl/N-ethyl adjacent to an activating group) is 2. The number of rotatable bonds is 5. The lowest BCUT2D eigenvalue weighted by molar-refractivity contribution is 0.313. The van der Waals surface area contributed by atoms with E-state index >= 15 is 0 Å². The van der Waals surface area contributed by atoms with E-state index in [1.165, 1.54) is 25.7 Å². The van der Waals surface area contributed by atoms with Crippen molar-refractivity contribution in [1.82, 2.24) is 14.9 Å². The summed E-state index contributed by atoms with van der Waals surface area (Å²) in [5.74, 6) is 1.22. The standard InChI is InChI=1S/C13H23N5O/c1-4-19-13-11(14)12(15-9-16-13)18(3)8-10-6-5-7-17(10)2/h9-10H,4-8,14H2,1-3H3. The SMILES string of the molecule is CCOc1ncnc(N(C)CC2CCCN2C)c1N. The predicted molar refractivity (Wildman–Crippen MR) is 76.5 cm³/mol. The quantitative estimate of drug-likeness (QED) is 0.856. The molecule has 2 N–H and O–H groups in total. The zero-order valence-corrected chi connectivity index (χ0v) is 12.0. The Hall–Kier alpha value is -1.56. The van der Waals surface area contributed by atoms with Gasteiger partial charge < -0.3 is 20.3 Å². The van der Waals surface area contributed by atoms with Crippen LogP contribution in [0.1, 0.15) is 19.8 Å². The van der Waals surface area contributed by atoms with E-state index in [1.807, 2.05) is 14.0 Å². The van der Waals surface area contributed by atoms with E-state index < -0.39 is 0 Å². The molecule has 6 nitrogen and oxygen atoms in total. The molecule has 0 amide bonds. The third kappa shape index (κ3) is 3.07. The number of nitrogens with two attached hydrogens (primary N) is 1. The number of likely N-dealkylation sites (tertiary alicyclic amines) is 1. The van der Waals surface area contributed by atoms with Crippen LogP contribution in [0.25, 0.3) is 0 Å². The molecule has 1 atom stereocenters. The van der Waals surface area contributed by atoms with Gasteiger partial charge in [-0.25, -0.2) is 4.98 Å². The van der Waals surface area contributed by atoms with E-state index in [9.17, 15) is 0 Å². The van der Waals surface area contributed by atoms with Gasteiger partial charge in [-0.2, -0.15) is 4.98 Å². The maximum atomic E-state index is 6.07. The van der Waals surface area contributed by atoms with Crippen molar-refractivity contribution in [2.45, 2.75) is 25.8 Å². The van der Waals surface area contributed by atoms with Crippen LogP contribution in [0, 0.1) is 0 Å².